The fraction of sp³-hybridized carbons (Fsp3) is 0.529. The molecule has 0 aliphatic carbocycles. The van der Waals surface area contributed by atoms with E-state index < -0.39 is 0 Å². The van der Waals surface area contributed by atoms with E-state index in [4.69, 9.17) is 14.2 Å². The van der Waals surface area contributed by atoms with Crippen LogP contribution in [0.25, 0.3) is 0 Å². The van der Waals surface area contributed by atoms with Crippen molar-refractivity contribution in [1.82, 2.24) is 10.3 Å². The molecule has 1 amide bonds. The molecule has 8 heteroatoms. The minimum Gasteiger partial charge on any atom is -0.493 e. The van der Waals surface area contributed by atoms with Crippen LogP contribution < -0.4 is 14.9 Å². The second-order valence-corrected chi connectivity index (χ2v) is 6.73. The molecule has 7 nitrogen and oxygen atoms in total. The van der Waals surface area contributed by atoms with Gasteiger partial charge >= 0.3 is 0 Å². The van der Waals surface area contributed by atoms with Gasteiger partial charge in [0.2, 0.25) is 0 Å². The van der Waals surface area contributed by atoms with E-state index in [0.717, 1.165) is 34.4 Å². The molecular weight excluding hydrogens is 437 g/mol. The lowest BCUT2D eigenvalue weighted by Gasteiger charge is -2.25. The highest BCUT2D eigenvalue weighted by Gasteiger charge is 2.14. The second-order valence-electron chi connectivity index (χ2n) is 5.56. The number of hydrogen-bond acceptors (Lipinski definition) is 6. The number of benzene rings is 1. The Balaban J connectivity index is 1.93. The van der Waals surface area contributed by atoms with Crippen molar-refractivity contribution in [2.24, 2.45) is 5.10 Å². The first-order valence-corrected chi connectivity index (χ1v) is 9.34. The Morgan fingerprint density at radius 2 is 2.20 bits per heavy atom. The van der Waals surface area contributed by atoms with Crippen LogP contribution in [0.3, 0.4) is 0 Å². The quantitative estimate of drug-likeness (QED) is 0.364. The van der Waals surface area contributed by atoms with Gasteiger partial charge in [-0.05, 0) is 46.7 Å². The average molecular weight is 461 g/mol. The molecule has 1 aromatic rings. The number of hydrogen-bond donors (Lipinski definition) is 1. The zero-order valence-corrected chi connectivity index (χ0v) is 16.7. The van der Waals surface area contributed by atoms with Gasteiger partial charge in [-0.2, -0.15) is 5.10 Å². The predicted octanol–water partition coefficient (Wildman–Crippen LogP) is 1.87. The molecule has 1 N–H and O–H groups in total. The van der Waals surface area contributed by atoms with Crippen LogP contribution in [0.15, 0.2) is 17.2 Å². The number of amides is 1. The number of carbonyl (C=O) groups is 1. The maximum Gasteiger partial charge on any atom is 0.254 e. The molecule has 138 valence electrons. The zero-order chi connectivity index (χ0) is 18.1. The largest absolute Gasteiger partial charge is 0.493 e. The summed E-state index contributed by atoms with van der Waals surface area (Å²) in [4.78, 5) is 14.0. The van der Waals surface area contributed by atoms with Crippen LogP contribution in [-0.2, 0) is 9.53 Å². The highest BCUT2D eigenvalue weighted by Crippen LogP contribution is 2.33. The molecule has 1 fully saturated rings. The molecule has 0 saturated carbocycles. The molecule has 0 spiro atoms. The second kappa shape index (κ2) is 10.6. The summed E-state index contributed by atoms with van der Waals surface area (Å²) in [6, 6.07) is 3.77. The summed E-state index contributed by atoms with van der Waals surface area (Å²) in [5.74, 6) is 1.25. The van der Waals surface area contributed by atoms with Gasteiger partial charge in [0, 0.05) is 13.1 Å². The third-order valence-electron chi connectivity index (χ3n) is 3.58. The molecule has 0 unspecified atom stereocenters. The summed E-state index contributed by atoms with van der Waals surface area (Å²) in [7, 11) is 1.61. The van der Waals surface area contributed by atoms with E-state index in [9.17, 15) is 4.79 Å². The third kappa shape index (κ3) is 6.44. The van der Waals surface area contributed by atoms with Gasteiger partial charge in [-0.3, -0.25) is 9.69 Å². The monoisotopic (exact) mass is 461 g/mol. The van der Waals surface area contributed by atoms with Gasteiger partial charge in [0.25, 0.3) is 5.91 Å². The van der Waals surface area contributed by atoms with Gasteiger partial charge in [0.15, 0.2) is 11.5 Å². The molecule has 1 heterocycles. The van der Waals surface area contributed by atoms with E-state index in [0.29, 0.717) is 32.1 Å². The summed E-state index contributed by atoms with van der Waals surface area (Å²) in [6.07, 6.45) is 2.53. The van der Waals surface area contributed by atoms with Crippen LogP contribution >= 0.6 is 22.6 Å². The van der Waals surface area contributed by atoms with Gasteiger partial charge < -0.3 is 14.2 Å². The van der Waals surface area contributed by atoms with Gasteiger partial charge in [-0.1, -0.05) is 6.92 Å². The highest BCUT2D eigenvalue weighted by molar-refractivity contribution is 14.1. The van der Waals surface area contributed by atoms with Crippen molar-refractivity contribution in [1.29, 1.82) is 0 Å². The Hall–Kier alpha value is -1.39. The lowest BCUT2D eigenvalue weighted by atomic mass is 10.2. The number of nitrogens with one attached hydrogen (secondary N) is 1. The fourth-order valence-electron chi connectivity index (χ4n) is 2.34. The van der Waals surface area contributed by atoms with Gasteiger partial charge in [0.1, 0.15) is 0 Å². The van der Waals surface area contributed by atoms with E-state index in [1.165, 1.54) is 0 Å². The Kier molecular flexibility index (Phi) is 8.42. The van der Waals surface area contributed by atoms with Gasteiger partial charge in [-0.15, -0.1) is 0 Å². The number of ether oxygens (including phenoxy) is 3. The average Bonchev–Trinajstić information content (AvgIpc) is 2.61. The first-order chi connectivity index (χ1) is 12.1. The first-order valence-electron chi connectivity index (χ1n) is 8.26. The van der Waals surface area contributed by atoms with Crippen molar-refractivity contribution in [3.05, 3.63) is 21.3 Å². The molecule has 1 aliphatic rings. The molecule has 0 radical (unpaired) electrons. The van der Waals surface area contributed by atoms with Crippen LogP contribution in [0.1, 0.15) is 18.9 Å². The number of carbonyl (C=O) groups excluding carboxylic acids is 1. The third-order valence-corrected chi connectivity index (χ3v) is 4.38. The predicted molar refractivity (Wildman–Crippen MR) is 104 cm³/mol. The van der Waals surface area contributed by atoms with Crippen molar-refractivity contribution in [2.45, 2.75) is 13.3 Å². The zero-order valence-electron chi connectivity index (χ0n) is 14.6. The summed E-state index contributed by atoms with van der Waals surface area (Å²) in [5, 5.41) is 4.03. The van der Waals surface area contributed by atoms with Crippen LogP contribution in [0.5, 0.6) is 11.5 Å². The highest BCUT2D eigenvalue weighted by atomic mass is 127. The lowest BCUT2D eigenvalue weighted by Crippen LogP contribution is -2.42. The molecule has 1 saturated heterocycles. The Morgan fingerprint density at radius 3 is 2.88 bits per heavy atom. The summed E-state index contributed by atoms with van der Waals surface area (Å²) in [5.41, 5.74) is 3.39. The number of rotatable bonds is 8. The summed E-state index contributed by atoms with van der Waals surface area (Å²) >= 11 is 2.20. The van der Waals surface area contributed by atoms with Gasteiger partial charge in [-0.25, -0.2) is 5.43 Å². The van der Waals surface area contributed by atoms with Crippen molar-refractivity contribution in [3.8, 4) is 11.5 Å². The minimum absolute atomic E-state index is 0.136. The van der Waals surface area contributed by atoms with Crippen molar-refractivity contribution in [2.75, 3.05) is 46.6 Å². The van der Waals surface area contributed by atoms with Crippen LogP contribution in [0, 0.1) is 3.57 Å². The topological polar surface area (TPSA) is 72.4 Å². The maximum absolute atomic E-state index is 11.9. The Labute approximate surface area is 161 Å². The van der Waals surface area contributed by atoms with E-state index >= 15 is 0 Å². The summed E-state index contributed by atoms with van der Waals surface area (Å²) < 4.78 is 17.3. The number of halogens is 1. The Morgan fingerprint density at radius 1 is 1.44 bits per heavy atom. The number of morpholine rings is 1. The van der Waals surface area contributed by atoms with E-state index in [2.05, 4.69) is 40.0 Å². The molecule has 1 aliphatic heterocycles. The van der Waals surface area contributed by atoms with Crippen molar-refractivity contribution in [3.63, 3.8) is 0 Å². The lowest BCUT2D eigenvalue weighted by molar-refractivity contribution is -0.123. The molecule has 0 bridgehead atoms. The molecule has 0 atom stereocenters. The van der Waals surface area contributed by atoms with Crippen LogP contribution in [-0.4, -0.2) is 63.6 Å². The molecular formula is C17H24IN3O4. The van der Waals surface area contributed by atoms with E-state index in [1.54, 1.807) is 13.3 Å². The molecule has 25 heavy (non-hydrogen) atoms. The summed E-state index contributed by atoms with van der Waals surface area (Å²) in [6.45, 7) is 5.89. The maximum atomic E-state index is 11.9. The van der Waals surface area contributed by atoms with Crippen molar-refractivity contribution < 1.29 is 19.0 Å². The number of nitrogens with zero attached hydrogens (tertiary/aromatic N) is 2. The van der Waals surface area contributed by atoms with Gasteiger partial charge in [0.05, 0.1) is 43.3 Å². The number of hydrazone groups is 1. The SMILES string of the molecule is CCCOc1c(I)cc(/C=N/NC(=O)CN2CCOCC2)cc1OC. The standard InChI is InChI=1S/C17H24IN3O4/c1-3-6-25-17-14(18)9-13(10-15(17)23-2)11-19-20-16(22)12-21-4-7-24-8-5-21/h9-11H,3-8,12H2,1-2H3,(H,20,22)/b19-11+. The molecule has 0 aromatic heterocycles. The van der Waals surface area contributed by atoms with E-state index in [-0.39, 0.29) is 5.91 Å². The Bertz CT molecular complexity index is 604. The van der Waals surface area contributed by atoms with E-state index in [1.807, 2.05) is 17.0 Å². The fourth-order valence-corrected chi connectivity index (χ4v) is 3.12. The van der Waals surface area contributed by atoms with Crippen molar-refractivity contribution >= 4 is 34.7 Å². The molecule has 2 rings (SSSR count). The number of methoxy groups -OCH3 is 1. The molecule has 1 aromatic carbocycles. The first kappa shape index (κ1) is 19.9. The smallest absolute Gasteiger partial charge is 0.254 e. The van der Waals surface area contributed by atoms with Crippen LogP contribution in [0.2, 0.25) is 0 Å². The van der Waals surface area contributed by atoms with Crippen LogP contribution in [0.4, 0.5) is 0 Å². The minimum atomic E-state index is -0.136. The normalized spacial score (nSPS) is 15.3.